The number of rotatable bonds is 5. The summed E-state index contributed by atoms with van der Waals surface area (Å²) >= 11 is 0. The second-order valence-corrected chi connectivity index (χ2v) is 6.08. The second kappa shape index (κ2) is 6.04. The molecule has 0 heterocycles. The van der Waals surface area contributed by atoms with E-state index in [1.54, 1.807) is 7.11 Å². The summed E-state index contributed by atoms with van der Waals surface area (Å²) in [6.45, 7) is 6.37. The third kappa shape index (κ3) is 2.55. The Bertz CT molecular complexity index is 310. The third-order valence-electron chi connectivity index (χ3n) is 4.79. The molecule has 0 amide bonds. The van der Waals surface area contributed by atoms with Crippen molar-refractivity contribution < 1.29 is 9.84 Å². The fourth-order valence-corrected chi connectivity index (χ4v) is 3.41. The van der Waals surface area contributed by atoms with Crippen LogP contribution in [0.1, 0.15) is 52.9 Å². The number of hydrogen-bond acceptors (Lipinski definition) is 3. The van der Waals surface area contributed by atoms with Gasteiger partial charge in [-0.15, -0.1) is 0 Å². The highest BCUT2D eigenvalue weighted by Gasteiger charge is 2.54. The van der Waals surface area contributed by atoms with E-state index >= 15 is 0 Å². The zero-order valence-electron chi connectivity index (χ0n) is 12.2. The largest absolute Gasteiger partial charge is 0.386 e. The summed E-state index contributed by atoms with van der Waals surface area (Å²) in [5.74, 6) is 0.577. The predicted molar refractivity (Wildman–Crippen MR) is 72.0 cm³/mol. The minimum absolute atomic E-state index is 0.0210. The molecule has 1 rings (SSSR count). The lowest BCUT2D eigenvalue weighted by Crippen LogP contribution is -2.56. The highest BCUT2D eigenvalue weighted by atomic mass is 16.5. The molecular weight excluding hydrogens is 226 g/mol. The summed E-state index contributed by atoms with van der Waals surface area (Å²) in [6.07, 6.45) is 4.90. The molecule has 0 aromatic rings. The van der Waals surface area contributed by atoms with Gasteiger partial charge in [0, 0.05) is 7.11 Å². The van der Waals surface area contributed by atoms with Gasteiger partial charge in [-0.2, -0.15) is 5.26 Å². The van der Waals surface area contributed by atoms with Crippen LogP contribution in [-0.2, 0) is 4.74 Å². The first-order valence-corrected chi connectivity index (χ1v) is 7.08. The predicted octanol–water partition coefficient (Wildman–Crippen LogP) is 3.13. The molecule has 3 nitrogen and oxygen atoms in total. The molecule has 1 N–H and O–H groups in total. The summed E-state index contributed by atoms with van der Waals surface area (Å²) in [7, 11) is 1.60. The Labute approximate surface area is 111 Å². The first kappa shape index (κ1) is 15.5. The Morgan fingerprint density at radius 3 is 2.67 bits per heavy atom. The first-order valence-electron chi connectivity index (χ1n) is 7.08. The monoisotopic (exact) mass is 253 g/mol. The van der Waals surface area contributed by atoms with E-state index in [-0.39, 0.29) is 12.5 Å². The van der Waals surface area contributed by atoms with Gasteiger partial charge < -0.3 is 9.84 Å². The molecule has 3 heteroatoms. The van der Waals surface area contributed by atoms with Gasteiger partial charge >= 0.3 is 0 Å². The van der Waals surface area contributed by atoms with Crippen molar-refractivity contribution in [3.05, 3.63) is 0 Å². The van der Waals surface area contributed by atoms with E-state index in [0.29, 0.717) is 5.92 Å². The summed E-state index contributed by atoms with van der Waals surface area (Å²) in [5, 5.41) is 20.7. The van der Waals surface area contributed by atoms with Gasteiger partial charge in [0.05, 0.1) is 18.1 Å². The minimum atomic E-state index is -1.04. The van der Waals surface area contributed by atoms with Gasteiger partial charge in [0.1, 0.15) is 5.60 Å². The van der Waals surface area contributed by atoms with Crippen LogP contribution in [-0.4, -0.2) is 24.4 Å². The summed E-state index contributed by atoms with van der Waals surface area (Å²) in [5.41, 5.74) is -1.68. The summed E-state index contributed by atoms with van der Waals surface area (Å²) < 4.78 is 5.22. The van der Waals surface area contributed by atoms with E-state index in [1.807, 2.05) is 13.8 Å². The van der Waals surface area contributed by atoms with Crippen molar-refractivity contribution in [2.75, 3.05) is 13.7 Å². The zero-order valence-corrected chi connectivity index (χ0v) is 12.2. The highest BCUT2D eigenvalue weighted by molar-refractivity contribution is 5.14. The van der Waals surface area contributed by atoms with Gasteiger partial charge in [-0.1, -0.05) is 40.0 Å². The quantitative estimate of drug-likeness (QED) is 0.819. The average molecular weight is 253 g/mol. The Morgan fingerprint density at radius 2 is 2.22 bits per heavy atom. The molecule has 1 fully saturated rings. The van der Waals surface area contributed by atoms with Gasteiger partial charge in [0.15, 0.2) is 0 Å². The second-order valence-electron chi connectivity index (χ2n) is 6.08. The highest BCUT2D eigenvalue weighted by Crippen LogP contribution is 2.50. The van der Waals surface area contributed by atoms with E-state index in [9.17, 15) is 10.4 Å². The van der Waals surface area contributed by atoms with E-state index in [1.165, 1.54) is 6.42 Å². The molecule has 3 unspecified atom stereocenters. The van der Waals surface area contributed by atoms with Gasteiger partial charge in [0.2, 0.25) is 0 Å². The van der Waals surface area contributed by atoms with E-state index < -0.39 is 11.0 Å². The van der Waals surface area contributed by atoms with Crippen LogP contribution < -0.4 is 0 Å². The SMILES string of the molecule is CCC1CCCC(C#N)(C(O)(COC)C(C)C)C1. The summed E-state index contributed by atoms with van der Waals surface area (Å²) in [6, 6.07) is 2.46. The Balaban J connectivity index is 3.07. The minimum Gasteiger partial charge on any atom is -0.386 e. The number of hydrogen-bond donors (Lipinski definition) is 1. The Morgan fingerprint density at radius 1 is 1.56 bits per heavy atom. The summed E-state index contributed by atoms with van der Waals surface area (Å²) in [4.78, 5) is 0. The van der Waals surface area contributed by atoms with Crippen LogP contribution in [0.15, 0.2) is 0 Å². The molecule has 0 aromatic carbocycles. The number of ether oxygens (including phenoxy) is 1. The molecule has 0 spiro atoms. The fraction of sp³-hybridized carbons (Fsp3) is 0.933. The number of nitriles is 1. The Kier molecular flexibility index (Phi) is 5.19. The molecule has 0 bridgehead atoms. The van der Waals surface area contributed by atoms with Gasteiger partial charge in [0.25, 0.3) is 0 Å². The van der Waals surface area contributed by atoms with Crippen molar-refractivity contribution in [2.45, 2.75) is 58.5 Å². The number of nitrogens with zero attached hydrogens (tertiary/aromatic N) is 1. The average Bonchev–Trinajstić information content (AvgIpc) is 2.38. The third-order valence-corrected chi connectivity index (χ3v) is 4.79. The fourth-order valence-electron chi connectivity index (χ4n) is 3.41. The van der Waals surface area contributed by atoms with Gasteiger partial charge in [-0.3, -0.25) is 0 Å². The maximum Gasteiger partial charge on any atom is 0.109 e. The maximum absolute atomic E-state index is 11.0. The lowest BCUT2D eigenvalue weighted by atomic mass is 9.58. The molecule has 0 saturated heterocycles. The topological polar surface area (TPSA) is 53.2 Å². The van der Waals surface area contributed by atoms with Crippen LogP contribution in [0.25, 0.3) is 0 Å². The van der Waals surface area contributed by atoms with Crippen LogP contribution in [0.4, 0.5) is 0 Å². The molecule has 0 aromatic heterocycles. The van der Waals surface area contributed by atoms with Crippen LogP contribution in [0.3, 0.4) is 0 Å². The number of aliphatic hydroxyl groups is 1. The Hall–Kier alpha value is -0.590. The van der Waals surface area contributed by atoms with Gasteiger partial charge in [-0.25, -0.2) is 0 Å². The molecular formula is C15H27NO2. The van der Waals surface area contributed by atoms with Crippen LogP contribution in [0, 0.1) is 28.6 Å². The molecule has 1 saturated carbocycles. The standard InChI is InChI=1S/C15H27NO2/c1-5-13-7-6-8-14(9-13,10-16)15(17,11-18-4)12(2)3/h12-13,17H,5-9,11H2,1-4H3. The first-order chi connectivity index (χ1) is 8.45. The molecule has 0 aliphatic heterocycles. The van der Waals surface area contributed by atoms with Crippen molar-refractivity contribution >= 4 is 0 Å². The van der Waals surface area contributed by atoms with Crippen molar-refractivity contribution in [2.24, 2.45) is 17.3 Å². The molecule has 1 aliphatic rings. The van der Waals surface area contributed by atoms with Crippen molar-refractivity contribution in [1.82, 2.24) is 0 Å². The van der Waals surface area contributed by atoms with Gasteiger partial charge in [-0.05, 0) is 24.7 Å². The van der Waals surface area contributed by atoms with Crippen molar-refractivity contribution in [3.8, 4) is 6.07 Å². The molecule has 3 atom stereocenters. The van der Waals surface area contributed by atoms with Crippen LogP contribution in [0.2, 0.25) is 0 Å². The molecule has 18 heavy (non-hydrogen) atoms. The lowest BCUT2D eigenvalue weighted by Gasteiger charge is -2.49. The smallest absolute Gasteiger partial charge is 0.109 e. The number of methoxy groups -OCH3 is 1. The normalized spacial score (nSPS) is 31.9. The van der Waals surface area contributed by atoms with Crippen molar-refractivity contribution in [1.29, 1.82) is 5.26 Å². The zero-order chi connectivity index (χ0) is 13.8. The van der Waals surface area contributed by atoms with E-state index in [4.69, 9.17) is 4.74 Å². The van der Waals surface area contributed by atoms with Crippen LogP contribution >= 0.6 is 0 Å². The molecule has 0 radical (unpaired) electrons. The maximum atomic E-state index is 11.0. The van der Waals surface area contributed by atoms with Crippen molar-refractivity contribution in [3.63, 3.8) is 0 Å². The van der Waals surface area contributed by atoms with E-state index in [0.717, 1.165) is 25.7 Å². The molecule has 104 valence electrons. The molecule has 1 aliphatic carbocycles. The van der Waals surface area contributed by atoms with Crippen LogP contribution in [0.5, 0.6) is 0 Å². The lowest BCUT2D eigenvalue weighted by molar-refractivity contribution is -0.149. The van der Waals surface area contributed by atoms with E-state index in [2.05, 4.69) is 13.0 Å².